The zero-order valence-electron chi connectivity index (χ0n) is 23.0. The normalized spacial score (nSPS) is 10.8. The first-order valence-electron chi connectivity index (χ1n) is 13.5. The van der Waals surface area contributed by atoms with E-state index in [0.717, 1.165) is 41.2 Å². The number of hydrogen-bond donors (Lipinski definition) is 0. The van der Waals surface area contributed by atoms with Crippen molar-refractivity contribution in [3.8, 4) is 17.2 Å². The highest BCUT2D eigenvalue weighted by atomic mass is 16.5. The van der Waals surface area contributed by atoms with Crippen molar-refractivity contribution in [2.24, 2.45) is 0 Å². The molecule has 0 unspecified atom stereocenters. The van der Waals surface area contributed by atoms with Crippen LogP contribution in [0.5, 0.6) is 17.2 Å². The summed E-state index contributed by atoms with van der Waals surface area (Å²) in [5.74, 6) is 2.45. The summed E-state index contributed by atoms with van der Waals surface area (Å²) >= 11 is 0. The molecule has 0 radical (unpaired) electrons. The van der Waals surface area contributed by atoms with Crippen LogP contribution in [-0.4, -0.2) is 56.9 Å². The summed E-state index contributed by atoms with van der Waals surface area (Å²) in [6, 6.07) is 24.0. The Balaban J connectivity index is 1.36. The van der Waals surface area contributed by atoms with Crippen molar-refractivity contribution in [1.82, 2.24) is 4.90 Å². The summed E-state index contributed by atoms with van der Waals surface area (Å²) in [5.41, 5.74) is 3.42. The quantitative estimate of drug-likeness (QED) is 0.157. The van der Waals surface area contributed by atoms with Gasteiger partial charge in [-0.15, -0.1) is 0 Å². The van der Waals surface area contributed by atoms with Gasteiger partial charge in [-0.05, 0) is 69.0 Å². The van der Waals surface area contributed by atoms with Crippen LogP contribution in [0.1, 0.15) is 36.0 Å². The SMILES string of the molecule is Cc1ccc(OCCCCOC(=O)CCN(CCOc2ccccc2C)CCOc2ccccc2C)cc1. The van der Waals surface area contributed by atoms with Crippen LogP contribution in [0.25, 0.3) is 0 Å². The first-order valence-corrected chi connectivity index (χ1v) is 13.5. The Kier molecular flexibility index (Phi) is 12.5. The maximum Gasteiger partial charge on any atom is 0.307 e. The molecule has 0 aliphatic carbocycles. The molecule has 204 valence electrons. The van der Waals surface area contributed by atoms with E-state index in [4.69, 9.17) is 18.9 Å². The van der Waals surface area contributed by atoms with Gasteiger partial charge in [-0.25, -0.2) is 0 Å². The Morgan fingerprint density at radius 1 is 0.632 bits per heavy atom. The minimum atomic E-state index is -0.186. The molecule has 0 bridgehead atoms. The fourth-order valence-electron chi connectivity index (χ4n) is 3.88. The molecule has 0 saturated heterocycles. The van der Waals surface area contributed by atoms with E-state index in [1.165, 1.54) is 5.56 Å². The van der Waals surface area contributed by atoms with Crippen LogP contribution in [0.2, 0.25) is 0 Å². The van der Waals surface area contributed by atoms with Gasteiger partial charge in [0.05, 0.1) is 19.6 Å². The highest BCUT2D eigenvalue weighted by Crippen LogP contribution is 2.17. The van der Waals surface area contributed by atoms with E-state index < -0.39 is 0 Å². The third-order valence-electron chi connectivity index (χ3n) is 6.24. The van der Waals surface area contributed by atoms with Gasteiger partial charge in [-0.3, -0.25) is 9.69 Å². The van der Waals surface area contributed by atoms with Crippen molar-refractivity contribution in [2.75, 3.05) is 46.1 Å². The van der Waals surface area contributed by atoms with Gasteiger partial charge in [0.1, 0.15) is 30.5 Å². The lowest BCUT2D eigenvalue weighted by atomic mass is 10.2. The minimum Gasteiger partial charge on any atom is -0.494 e. The maximum absolute atomic E-state index is 12.4. The number of unbranched alkanes of at least 4 members (excludes halogenated alkanes) is 1. The van der Waals surface area contributed by atoms with E-state index in [1.807, 2.05) is 86.6 Å². The molecule has 0 amide bonds. The Labute approximate surface area is 227 Å². The van der Waals surface area contributed by atoms with Crippen LogP contribution in [0.4, 0.5) is 0 Å². The zero-order chi connectivity index (χ0) is 27.0. The highest BCUT2D eigenvalue weighted by Gasteiger charge is 2.11. The number of carbonyl (C=O) groups excluding carboxylic acids is 1. The molecule has 0 spiro atoms. The van der Waals surface area contributed by atoms with E-state index in [2.05, 4.69) is 11.8 Å². The van der Waals surface area contributed by atoms with Gasteiger partial charge < -0.3 is 18.9 Å². The average Bonchev–Trinajstić information content (AvgIpc) is 2.92. The van der Waals surface area contributed by atoms with Gasteiger partial charge in [0.25, 0.3) is 0 Å². The Morgan fingerprint density at radius 2 is 1.18 bits per heavy atom. The molecule has 0 atom stereocenters. The van der Waals surface area contributed by atoms with Gasteiger partial charge in [0.15, 0.2) is 0 Å². The average molecular weight is 520 g/mol. The molecular formula is C32H41NO5. The van der Waals surface area contributed by atoms with E-state index in [9.17, 15) is 4.79 Å². The molecule has 3 aromatic carbocycles. The van der Waals surface area contributed by atoms with Crippen molar-refractivity contribution in [3.05, 3.63) is 89.5 Å². The highest BCUT2D eigenvalue weighted by molar-refractivity contribution is 5.69. The summed E-state index contributed by atoms with van der Waals surface area (Å²) in [7, 11) is 0. The summed E-state index contributed by atoms with van der Waals surface area (Å²) in [6.45, 7) is 10.2. The van der Waals surface area contributed by atoms with Crippen LogP contribution in [0.3, 0.4) is 0 Å². The largest absolute Gasteiger partial charge is 0.494 e. The van der Waals surface area contributed by atoms with Crippen LogP contribution < -0.4 is 14.2 Å². The molecule has 0 aliphatic heterocycles. The Morgan fingerprint density at radius 3 is 1.76 bits per heavy atom. The number of para-hydroxylation sites is 2. The molecule has 0 fully saturated rings. The predicted octanol–water partition coefficient (Wildman–Crippen LogP) is 6.16. The molecule has 0 saturated carbocycles. The molecule has 6 heteroatoms. The van der Waals surface area contributed by atoms with Gasteiger partial charge in [0, 0.05) is 19.6 Å². The number of ether oxygens (including phenoxy) is 4. The molecular weight excluding hydrogens is 478 g/mol. The maximum atomic E-state index is 12.4. The number of carbonyl (C=O) groups is 1. The zero-order valence-corrected chi connectivity index (χ0v) is 23.0. The van der Waals surface area contributed by atoms with Crippen molar-refractivity contribution < 1.29 is 23.7 Å². The van der Waals surface area contributed by atoms with Crippen LogP contribution in [0.15, 0.2) is 72.8 Å². The van der Waals surface area contributed by atoms with Gasteiger partial charge in [-0.1, -0.05) is 54.1 Å². The number of esters is 1. The standard InChI is InChI=1S/C32H41NO5/c1-26-14-16-29(17-15-26)35-22-8-9-23-38-32(34)18-19-33(20-24-36-30-12-6-4-10-27(30)2)21-25-37-31-13-7-5-11-28(31)3/h4-7,10-17H,8-9,18-25H2,1-3H3. The number of hydrogen-bond acceptors (Lipinski definition) is 6. The second-order valence-corrected chi connectivity index (χ2v) is 9.41. The minimum absolute atomic E-state index is 0.186. The van der Waals surface area contributed by atoms with Gasteiger partial charge >= 0.3 is 5.97 Å². The summed E-state index contributed by atoms with van der Waals surface area (Å²) in [5, 5.41) is 0. The van der Waals surface area contributed by atoms with E-state index in [-0.39, 0.29) is 5.97 Å². The monoisotopic (exact) mass is 519 g/mol. The lowest BCUT2D eigenvalue weighted by molar-refractivity contribution is -0.144. The number of rotatable bonds is 17. The van der Waals surface area contributed by atoms with Crippen molar-refractivity contribution in [1.29, 1.82) is 0 Å². The Hall–Kier alpha value is -3.51. The van der Waals surface area contributed by atoms with E-state index >= 15 is 0 Å². The van der Waals surface area contributed by atoms with Gasteiger partial charge in [-0.2, -0.15) is 0 Å². The molecule has 6 nitrogen and oxygen atoms in total. The Bertz CT molecular complexity index is 1050. The second-order valence-electron chi connectivity index (χ2n) is 9.41. The summed E-state index contributed by atoms with van der Waals surface area (Å²) in [6.07, 6.45) is 1.93. The molecule has 3 aromatic rings. The van der Waals surface area contributed by atoms with E-state index in [0.29, 0.717) is 52.5 Å². The van der Waals surface area contributed by atoms with Crippen molar-refractivity contribution in [3.63, 3.8) is 0 Å². The fourth-order valence-corrected chi connectivity index (χ4v) is 3.88. The molecule has 0 aromatic heterocycles. The fraction of sp³-hybridized carbons (Fsp3) is 0.406. The molecule has 0 heterocycles. The summed E-state index contributed by atoms with van der Waals surface area (Å²) in [4.78, 5) is 14.6. The molecule has 3 rings (SSSR count). The third kappa shape index (κ3) is 10.9. The smallest absolute Gasteiger partial charge is 0.307 e. The molecule has 0 aliphatic rings. The van der Waals surface area contributed by atoms with Crippen molar-refractivity contribution in [2.45, 2.75) is 40.0 Å². The number of nitrogens with zero attached hydrogens (tertiary/aromatic N) is 1. The van der Waals surface area contributed by atoms with Gasteiger partial charge in [0.2, 0.25) is 0 Å². The van der Waals surface area contributed by atoms with Crippen LogP contribution >= 0.6 is 0 Å². The lowest BCUT2D eigenvalue weighted by Crippen LogP contribution is -2.34. The topological polar surface area (TPSA) is 57.2 Å². The second kappa shape index (κ2) is 16.4. The molecule has 38 heavy (non-hydrogen) atoms. The predicted molar refractivity (Wildman–Crippen MR) is 151 cm³/mol. The first kappa shape index (κ1) is 29.1. The third-order valence-corrected chi connectivity index (χ3v) is 6.24. The van der Waals surface area contributed by atoms with E-state index in [1.54, 1.807) is 0 Å². The summed E-state index contributed by atoms with van der Waals surface area (Å²) < 4.78 is 23.2. The van der Waals surface area contributed by atoms with Crippen LogP contribution in [-0.2, 0) is 9.53 Å². The van der Waals surface area contributed by atoms with Crippen molar-refractivity contribution >= 4 is 5.97 Å². The number of benzene rings is 3. The first-order chi connectivity index (χ1) is 18.5. The molecule has 0 N–H and O–H groups in total. The lowest BCUT2D eigenvalue weighted by Gasteiger charge is -2.22. The number of aryl methyl sites for hydroxylation is 3. The van der Waals surface area contributed by atoms with Crippen LogP contribution in [0, 0.1) is 20.8 Å².